The highest BCUT2D eigenvalue weighted by atomic mass is 35.5. The summed E-state index contributed by atoms with van der Waals surface area (Å²) in [5.74, 6) is 0.353. The Labute approximate surface area is 184 Å². The molecule has 2 aromatic carbocycles. The molecule has 1 aromatic heterocycles. The Morgan fingerprint density at radius 3 is 2.63 bits per heavy atom. The van der Waals surface area contributed by atoms with Crippen molar-refractivity contribution in [1.82, 2.24) is 9.71 Å². The molecule has 7 nitrogen and oxygen atoms in total. The molecule has 0 unspecified atom stereocenters. The van der Waals surface area contributed by atoms with Gasteiger partial charge in [-0.2, -0.15) is 0 Å². The number of amides is 1. The third-order valence-corrected chi connectivity index (χ3v) is 6.64. The molecule has 30 heavy (non-hydrogen) atoms. The van der Waals surface area contributed by atoms with Crippen LogP contribution < -0.4 is 14.8 Å². The zero-order valence-electron chi connectivity index (χ0n) is 16.3. The van der Waals surface area contributed by atoms with E-state index in [9.17, 15) is 13.2 Å². The van der Waals surface area contributed by atoms with E-state index in [1.165, 1.54) is 35.6 Å². The van der Waals surface area contributed by atoms with Crippen molar-refractivity contribution in [1.29, 1.82) is 0 Å². The van der Waals surface area contributed by atoms with Crippen LogP contribution in [0.5, 0.6) is 5.75 Å². The molecular weight excluding hydrogens is 446 g/mol. The molecule has 0 aliphatic heterocycles. The second-order valence-electron chi connectivity index (χ2n) is 6.39. The van der Waals surface area contributed by atoms with Crippen molar-refractivity contribution in [2.24, 2.45) is 0 Å². The lowest BCUT2D eigenvalue weighted by Gasteiger charge is -2.07. The maximum absolute atomic E-state index is 12.2. The van der Waals surface area contributed by atoms with E-state index in [-0.39, 0.29) is 23.8 Å². The van der Waals surface area contributed by atoms with Crippen molar-refractivity contribution in [2.75, 3.05) is 19.0 Å². The van der Waals surface area contributed by atoms with Crippen LogP contribution in [0.25, 0.3) is 11.3 Å². The van der Waals surface area contributed by atoms with Crippen molar-refractivity contribution in [3.05, 3.63) is 58.4 Å². The zero-order chi connectivity index (χ0) is 21.7. The van der Waals surface area contributed by atoms with Gasteiger partial charge in [0.05, 0.1) is 17.7 Å². The minimum atomic E-state index is -3.70. The first kappa shape index (κ1) is 22.2. The van der Waals surface area contributed by atoms with E-state index >= 15 is 0 Å². The first-order valence-electron chi connectivity index (χ1n) is 8.94. The molecule has 158 valence electrons. The van der Waals surface area contributed by atoms with Crippen molar-refractivity contribution in [3.8, 4) is 17.0 Å². The summed E-state index contributed by atoms with van der Waals surface area (Å²) in [6, 6.07) is 11.6. The number of ether oxygens (including phenoxy) is 1. The average molecular weight is 466 g/mol. The topological polar surface area (TPSA) is 97.4 Å². The summed E-state index contributed by atoms with van der Waals surface area (Å²) in [5, 5.41) is 5.40. The van der Waals surface area contributed by atoms with Gasteiger partial charge in [0.1, 0.15) is 5.75 Å². The average Bonchev–Trinajstić information content (AvgIpc) is 3.16. The lowest BCUT2D eigenvalue weighted by Crippen LogP contribution is -2.27. The summed E-state index contributed by atoms with van der Waals surface area (Å²) < 4.78 is 32.2. The summed E-state index contributed by atoms with van der Waals surface area (Å²) in [6.07, 6.45) is -0.0322. The lowest BCUT2D eigenvalue weighted by molar-refractivity contribution is -0.116. The predicted molar refractivity (Wildman–Crippen MR) is 119 cm³/mol. The zero-order valence-corrected chi connectivity index (χ0v) is 18.7. The van der Waals surface area contributed by atoms with Crippen molar-refractivity contribution in [2.45, 2.75) is 18.2 Å². The van der Waals surface area contributed by atoms with Gasteiger partial charge >= 0.3 is 0 Å². The molecule has 0 atom stereocenters. The number of halogens is 1. The standard InChI is InChI=1S/C20H20ClN3O4S2/c1-13-3-8-18(28-2)16(11-13)17-12-29-20(23-17)24-19(25)9-10-22-30(26,27)15-6-4-14(21)5-7-15/h3-8,11-12,22H,9-10H2,1-2H3,(H,23,24,25). The highest BCUT2D eigenvalue weighted by Gasteiger charge is 2.15. The number of aryl methyl sites for hydroxylation is 1. The molecule has 0 fully saturated rings. The molecule has 0 saturated heterocycles. The van der Waals surface area contributed by atoms with E-state index < -0.39 is 10.0 Å². The normalized spacial score (nSPS) is 11.3. The summed E-state index contributed by atoms with van der Waals surface area (Å²) in [5.41, 5.74) is 2.60. The maximum Gasteiger partial charge on any atom is 0.240 e. The lowest BCUT2D eigenvalue weighted by atomic mass is 10.1. The monoisotopic (exact) mass is 465 g/mol. The van der Waals surface area contributed by atoms with Gasteiger partial charge in [-0.3, -0.25) is 4.79 Å². The van der Waals surface area contributed by atoms with Crippen LogP contribution in [0.1, 0.15) is 12.0 Å². The smallest absolute Gasteiger partial charge is 0.240 e. The highest BCUT2D eigenvalue weighted by Crippen LogP contribution is 2.33. The predicted octanol–water partition coefficient (Wildman–Crippen LogP) is 4.09. The third kappa shape index (κ3) is 5.57. The van der Waals surface area contributed by atoms with Crippen LogP contribution in [0, 0.1) is 6.92 Å². The molecule has 0 aliphatic rings. The quantitative estimate of drug-likeness (QED) is 0.522. The molecule has 0 aliphatic carbocycles. The Balaban J connectivity index is 1.57. The van der Waals surface area contributed by atoms with Gasteiger partial charge in [-0.15, -0.1) is 11.3 Å². The van der Waals surface area contributed by atoms with E-state index in [0.29, 0.717) is 21.6 Å². The minimum Gasteiger partial charge on any atom is -0.496 e. The summed E-state index contributed by atoms with van der Waals surface area (Å²) >= 11 is 7.06. The summed E-state index contributed by atoms with van der Waals surface area (Å²) in [4.78, 5) is 16.7. The molecule has 2 N–H and O–H groups in total. The Morgan fingerprint density at radius 2 is 1.93 bits per heavy atom. The Bertz CT molecular complexity index is 1150. The van der Waals surface area contributed by atoms with Crippen LogP contribution in [-0.2, 0) is 14.8 Å². The van der Waals surface area contributed by atoms with Gasteiger partial charge in [0.2, 0.25) is 15.9 Å². The van der Waals surface area contributed by atoms with Crippen LogP contribution in [-0.4, -0.2) is 33.0 Å². The Hall–Kier alpha value is -2.46. The number of benzene rings is 2. The van der Waals surface area contributed by atoms with E-state index in [0.717, 1.165) is 11.1 Å². The number of methoxy groups -OCH3 is 1. The van der Waals surface area contributed by atoms with E-state index in [1.54, 1.807) is 7.11 Å². The second kappa shape index (κ2) is 9.57. The van der Waals surface area contributed by atoms with E-state index in [4.69, 9.17) is 16.3 Å². The largest absolute Gasteiger partial charge is 0.496 e. The van der Waals surface area contributed by atoms with Crippen LogP contribution in [0.15, 0.2) is 52.7 Å². The number of sulfonamides is 1. The van der Waals surface area contributed by atoms with Gasteiger partial charge in [0.25, 0.3) is 0 Å². The molecular formula is C20H20ClN3O4S2. The van der Waals surface area contributed by atoms with Gasteiger partial charge in [-0.25, -0.2) is 18.1 Å². The number of hydrogen-bond donors (Lipinski definition) is 2. The van der Waals surface area contributed by atoms with Crippen LogP contribution >= 0.6 is 22.9 Å². The van der Waals surface area contributed by atoms with Crippen LogP contribution in [0.2, 0.25) is 5.02 Å². The fourth-order valence-corrected chi connectivity index (χ4v) is 4.54. The third-order valence-electron chi connectivity index (χ3n) is 4.15. The molecule has 1 amide bonds. The highest BCUT2D eigenvalue weighted by molar-refractivity contribution is 7.89. The summed E-state index contributed by atoms with van der Waals surface area (Å²) in [7, 11) is -2.11. The Morgan fingerprint density at radius 1 is 1.20 bits per heavy atom. The van der Waals surface area contributed by atoms with E-state index in [2.05, 4.69) is 15.0 Å². The number of carbonyl (C=O) groups is 1. The molecule has 1 heterocycles. The fourth-order valence-electron chi connectivity index (χ4n) is 2.65. The fraction of sp³-hybridized carbons (Fsp3) is 0.200. The number of anilines is 1. The molecule has 3 aromatic rings. The van der Waals surface area contributed by atoms with Crippen molar-refractivity contribution in [3.63, 3.8) is 0 Å². The summed E-state index contributed by atoms with van der Waals surface area (Å²) in [6.45, 7) is 1.93. The SMILES string of the molecule is COc1ccc(C)cc1-c1csc(NC(=O)CCNS(=O)(=O)c2ccc(Cl)cc2)n1. The number of nitrogens with one attached hydrogen (secondary N) is 2. The first-order valence-corrected chi connectivity index (χ1v) is 11.7. The Kier molecular flexibility index (Phi) is 7.09. The number of rotatable bonds is 8. The minimum absolute atomic E-state index is 0.0322. The van der Waals surface area contributed by atoms with Gasteiger partial charge in [0.15, 0.2) is 5.13 Å². The van der Waals surface area contributed by atoms with Gasteiger partial charge in [0, 0.05) is 28.9 Å². The van der Waals surface area contributed by atoms with Crippen LogP contribution in [0.4, 0.5) is 5.13 Å². The molecule has 0 radical (unpaired) electrons. The second-order valence-corrected chi connectivity index (χ2v) is 9.45. The first-order chi connectivity index (χ1) is 14.3. The number of thiazole rings is 1. The molecule has 0 saturated carbocycles. The van der Waals surface area contributed by atoms with Crippen LogP contribution in [0.3, 0.4) is 0 Å². The number of carbonyl (C=O) groups excluding carboxylic acids is 1. The molecule has 0 bridgehead atoms. The molecule has 3 rings (SSSR count). The molecule has 10 heteroatoms. The van der Waals surface area contributed by atoms with Crippen molar-refractivity contribution < 1.29 is 17.9 Å². The van der Waals surface area contributed by atoms with Gasteiger partial charge in [-0.1, -0.05) is 23.2 Å². The van der Waals surface area contributed by atoms with E-state index in [1.807, 2.05) is 30.5 Å². The van der Waals surface area contributed by atoms with Gasteiger partial charge < -0.3 is 10.1 Å². The van der Waals surface area contributed by atoms with Crippen molar-refractivity contribution >= 4 is 44.0 Å². The number of hydrogen-bond acceptors (Lipinski definition) is 6. The molecule has 0 spiro atoms. The van der Waals surface area contributed by atoms with Gasteiger partial charge in [-0.05, 0) is 43.3 Å². The maximum atomic E-state index is 12.2. The number of aromatic nitrogens is 1. The number of nitrogens with zero attached hydrogens (tertiary/aromatic N) is 1.